The average molecular weight is 397 g/mol. The first kappa shape index (κ1) is 21.7. The Hall–Kier alpha value is -0.510. The van der Waals surface area contributed by atoms with E-state index in [2.05, 4.69) is 10.6 Å². The Morgan fingerprint density at radius 1 is 0.588 bits per heavy atom. The fraction of sp³-hybridized carbons (Fsp3) is 0.286. The van der Waals surface area contributed by atoms with Crippen LogP contribution in [0.2, 0.25) is 0 Å². The van der Waals surface area contributed by atoms with Crippen LogP contribution >= 0.6 is 0 Å². The van der Waals surface area contributed by atoms with Gasteiger partial charge in [-0.15, -0.1) is 0 Å². The Morgan fingerprint density at radius 3 is 0.824 bits per heavy atom. The molecule has 3 heteroatoms. The van der Waals surface area contributed by atoms with Crippen molar-refractivity contribution in [3.8, 4) is 0 Å². The first-order chi connectivity index (χ1) is 7.83. The van der Waals surface area contributed by atoms with E-state index >= 15 is 0 Å². The summed E-state index contributed by atoms with van der Waals surface area (Å²) in [5, 5.41) is 7.00. The maximum atomic E-state index is 3.50. The van der Waals surface area contributed by atoms with Crippen molar-refractivity contribution in [1.29, 1.82) is 0 Å². The summed E-state index contributed by atoms with van der Waals surface area (Å²) >= 11 is 0. The van der Waals surface area contributed by atoms with Gasteiger partial charge in [-0.05, 0) is 0 Å². The topological polar surface area (TPSA) is 28.2 Å². The first-order valence-corrected chi connectivity index (χ1v) is 5.12. The summed E-state index contributed by atoms with van der Waals surface area (Å²) in [4.78, 5) is 0. The molecule has 17 heavy (non-hydrogen) atoms. The van der Waals surface area contributed by atoms with Gasteiger partial charge in [0.15, 0.2) is 0 Å². The molecule has 0 saturated carbocycles. The van der Waals surface area contributed by atoms with Crippen molar-refractivity contribution >= 4 is 0 Å². The molecule has 0 saturated heterocycles. The Balaban J connectivity index is -0.000000157. The molecular formula is C14H22HfN2. The van der Waals surface area contributed by atoms with Gasteiger partial charge in [-0.25, -0.2) is 24.3 Å². The zero-order valence-corrected chi connectivity index (χ0v) is 14.8. The summed E-state index contributed by atoms with van der Waals surface area (Å²) in [5.41, 5.74) is 0. The minimum Gasteiger partial charge on any atom is -0.668 e. The number of rotatable bonds is 0. The quantitative estimate of drug-likeness (QED) is 0.475. The van der Waals surface area contributed by atoms with Crippen molar-refractivity contribution in [2.75, 3.05) is 28.2 Å². The summed E-state index contributed by atoms with van der Waals surface area (Å²) in [6.45, 7) is 0. The van der Waals surface area contributed by atoms with Gasteiger partial charge in [0.05, 0.1) is 0 Å². The molecule has 0 aliphatic carbocycles. The maximum absolute atomic E-state index is 3.50. The fourth-order valence-electron chi connectivity index (χ4n) is 0.642. The molecule has 0 radical (unpaired) electrons. The molecule has 0 heterocycles. The van der Waals surface area contributed by atoms with Crippen LogP contribution in [0.3, 0.4) is 0 Å². The van der Waals surface area contributed by atoms with Crippen molar-refractivity contribution in [2.24, 2.45) is 0 Å². The van der Waals surface area contributed by atoms with Gasteiger partial charge >= 0.3 is 25.8 Å². The van der Waals surface area contributed by atoms with Crippen LogP contribution in [0, 0.1) is 0 Å². The largest absolute Gasteiger partial charge is 4.00 e. The molecule has 2 aromatic carbocycles. The van der Waals surface area contributed by atoms with Crippen molar-refractivity contribution < 1.29 is 25.8 Å². The van der Waals surface area contributed by atoms with Crippen molar-refractivity contribution in [3.63, 3.8) is 0 Å². The molecule has 0 aliphatic heterocycles. The van der Waals surface area contributed by atoms with E-state index in [1.54, 1.807) is 28.2 Å². The van der Waals surface area contributed by atoms with Crippen LogP contribution in [0.5, 0.6) is 0 Å². The summed E-state index contributed by atoms with van der Waals surface area (Å²) in [7, 11) is 7.00. The van der Waals surface area contributed by atoms with Crippen molar-refractivity contribution in [2.45, 2.75) is 0 Å². The van der Waals surface area contributed by atoms with Gasteiger partial charge < -0.3 is 10.6 Å². The van der Waals surface area contributed by atoms with Gasteiger partial charge in [0.1, 0.15) is 0 Å². The van der Waals surface area contributed by atoms with E-state index in [4.69, 9.17) is 0 Å². The molecule has 0 unspecified atom stereocenters. The molecular weight excluding hydrogens is 375 g/mol. The second-order valence-electron chi connectivity index (χ2n) is 2.82. The fourth-order valence-corrected chi connectivity index (χ4v) is 0.642. The van der Waals surface area contributed by atoms with Gasteiger partial charge in [-0.3, -0.25) is 0 Å². The van der Waals surface area contributed by atoms with Crippen LogP contribution < -0.4 is 0 Å². The third-order valence-corrected chi connectivity index (χ3v) is 1.11. The molecule has 0 bridgehead atoms. The molecule has 0 amide bonds. The average Bonchev–Trinajstić information content (AvgIpc) is 3.00. The van der Waals surface area contributed by atoms with Gasteiger partial charge in [0, 0.05) is 0 Å². The van der Waals surface area contributed by atoms with Gasteiger partial charge in [-0.2, -0.15) is 64.6 Å². The van der Waals surface area contributed by atoms with E-state index < -0.39 is 0 Å². The number of nitrogens with zero attached hydrogens (tertiary/aromatic N) is 2. The van der Waals surface area contributed by atoms with Crippen LogP contribution in [-0.4, -0.2) is 28.2 Å². The van der Waals surface area contributed by atoms with Gasteiger partial charge in [0.2, 0.25) is 0 Å². The molecule has 0 N–H and O–H groups in total. The number of hydrogen-bond acceptors (Lipinski definition) is 0. The van der Waals surface area contributed by atoms with Crippen LogP contribution in [0.25, 0.3) is 10.6 Å². The summed E-state index contributed by atoms with van der Waals surface area (Å²) in [5.74, 6) is 0. The molecule has 0 aromatic heterocycles. The first-order valence-electron chi connectivity index (χ1n) is 5.12. The Bertz CT molecular complexity index is 176. The Labute approximate surface area is 125 Å². The zero-order chi connectivity index (χ0) is 12.5. The van der Waals surface area contributed by atoms with Gasteiger partial charge in [0.25, 0.3) is 0 Å². The normalized spacial score (nSPS) is 6.82. The van der Waals surface area contributed by atoms with Crippen LogP contribution in [0.4, 0.5) is 0 Å². The SMILES string of the molecule is C[N-]C.C[N-]C.[Hf+4].c1cc[cH-]c1.c1cc[cH-]c1. The molecule has 0 spiro atoms. The third-order valence-electron chi connectivity index (χ3n) is 1.11. The molecule has 0 atom stereocenters. The second-order valence-corrected chi connectivity index (χ2v) is 2.82. The van der Waals surface area contributed by atoms with Gasteiger partial charge in [-0.1, -0.05) is 0 Å². The molecule has 0 aliphatic rings. The molecule has 2 nitrogen and oxygen atoms in total. The number of hydrogen-bond donors (Lipinski definition) is 0. The maximum Gasteiger partial charge on any atom is 4.00 e. The predicted octanol–water partition coefficient (Wildman–Crippen LogP) is 4.05. The van der Waals surface area contributed by atoms with E-state index in [1.807, 2.05) is 60.7 Å². The van der Waals surface area contributed by atoms with Crippen LogP contribution in [-0.2, 0) is 25.8 Å². The Morgan fingerprint density at radius 2 is 0.765 bits per heavy atom. The van der Waals surface area contributed by atoms with E-state index in [0.717, 1.165) is 0 Å². The van der Waals surface area contributed by atoms with E-state index in [1.165, 1.54) is 0 Å². The Kier molecular flexibility index (Phi) is 31.5. The monoisotopic (exact) mass is 398 g/mol. The molecule has 2 aromatic rings. The summed E-state index contributed by atoms with van der Waals surface area (Å²) < 4.78 is 0. The molecule has 92 valence electrons. The van der Waals surface area contributed by atoms with E-state index in [-0.39, 0.29) is 25.8 Å². The van der Waals surface area contributed by atoms with Crippen LogP contribution in [0.1, 0.15) is 0 Å². The van der Waals surface area contributed by atoms with E-state index in [0.29, 0.717) is 0 Å². The summed E-state index contributed by atoms with van der Waals surface area (Å²) in [6, 6.07) is 20.0. The summed E-state index contributed by atoms with van der Waals surface area (Å²) in [6.07, 6.45) is 0. The van der Waals surface area contributed by atoms with Crippen LogP contribution in [0.15, 0.2) is 60.7 Å². The molecule has 2 rings (SSSR count). The van der Waals surface area contributed by atoms with E-state index in [9.17, 15) is 0 Å². The minimum atomic E-state index is 0. The standard InChI is InChI=1S/2C5H5.2C2H6N.Hf/c2*1-2-4-5-3-1;2*1-3-2;/h2*1-5H;2*1-2H3;/q4*-1;+4. The third kappa shape index (κ3) is 31.3. The van der Waals surface area contributed by atoms with Crippen molar-refractivity contribution in [3.05, 3.63) is 71.3 Å². The second kappa shape index (κ2) is 24.6. The zero-order valence-electron chi connectivity index (χ0n) is 11.2. The molecule has 0 fully saturated rings. The minimum absolute atomic E-state index is 0. The predicted molar refractivity (Wildman–Crippen MR) is 74.5 cm³/mol. The van der Waals surface area contributed by atoms with Crippen molar-refractivity contribution in [1.82, 2.24) is 0 Å². The smallest absolute Gasteiger partial charge is 0.668 e.